The molecule has 0 bridgehead atoms. The molecule has 0 aromatic heterocycles. The van der Waals surface area contributed by atoms with Crippen LogP contribution in [-0.4, -0.2) is 5.91 Å². The number of amides is 1. The largest absolute Gasteiger partial charge is 0.369 e. The van der Waals surface area contributed by atoms with Gasteiger partial charge in [-0.05, 0) is 32.3 Å². The van der Waals surface area contributed by atoms with Crippen LogP contribution in [0, 0.1) is 0 Å². The number of fused-ring (bicyclic) bond motifs is 1. The highest BCUT2D eigenvalue weighted by Gasteiger charge is 2.06. The van der Waals surface area contributed by atoms with Crippen molar-refractivity contribution in [2.24, 2.45) is 5.73 Å². The third-order valence-corrected chi connectivity index (χ3v) is 3.24. The number of carbonyl (C=O) groups is 1. The zero-order valence-electron chi connectivity index (χ0n) is 8.03. The summed E-state index contributed by atoms with van der Waals surface area (Å²) in [6.45, 7) is 0. The van der Waals surface area contributed by atoms with Crippen LogP contribution in [0.15, 0.2) is 40.9 Å². The molecule has 0 aliphatic carbocycles. The van der Waals surface area contributed by atoms with Gasteiger partial charge in [-0.2, -0.15) is 0 Å². The van der Waals surface area contributed by atoms with Gasteiger partial charge in [-0.1, -0.05) is 36.4 Å². The smallest absolute Gasteiger partial charge is 0.221 e. The van der Waals surface area contributed by atoms with E-state index in [2.05, 4.69) is 15.9 Å². The van der Waals surface area contributed by atoms with Crippen molar-refractivity contribution < 1.29 is 4.79 Å². The molecule has 2 N–H and O–H groups in total. The lowest BCUT2D eigenvalue weighted by Gasteiger charge is -2.05. The Bertz CT molecular complexity index is 522. The van der Waals surface area contributed by atoms with Crippen molar-refractivity contribution in [1.82, 2.24) is 0 Å². The van der Waals surface area contributed by atoms with Crippen LogP contribution in [0.3, 0.4) is 0 Å². The van der Waals surface area contributed by atoms with E-state index in [-0.39, 0.29) is 12.3 Å². The van der Waals surface area contributed by atoms with Gasteiger partial charge < -0.3 is 5.73 Å². The molecule has 0 unspecified atom stereocenters. The predicted octanol–water partition coefficient (Wildman–Crippen LogP) is 2.63. The second-order valence-electron chi connectivity index (χ2n) is 3.40. The summed E-state index contributed by atoms with van der Waals surface area (Å²) in [5.41, 5.74) is 6.11. The van der Waals surface area contributed by atoms with Gasteiger partial charge in [0, 0.05) is 4.47 Å². The maximum atomic E-state index is 10.9. The van der Waals surface area contributed by atoms with Crippen LogP contribution < -0.4 is 5.73 Å². The summed E-state index contributed by atoms with van der Waals surface area (Å²) in [5.74, 6) is -0.314. The lowest BCUT2D eigenvalue weighted by molar-refractivity contribution is -0.117. The number of hydrogen-bond acceptors (Lipinski definition) is 1. The molecule has 0 saturated carbocycles. The van der Waals surface area contributed by atoms with Gasteiger partial charge in [0.15, 0.2) is 0 Å². The SMILES string of the molecule is NC(=O)Cc1ccc2ccccc2c1Br. The average Bonchev–Trinajstić information content (AvgIpc) is 2.22. The summed E-state index contributed by atoms with van der Waals surface area (Å²) in [4.78, 5) is 10.9. The standard InChI is InChI=1S/C12H10BrNO/c13-12-9(7-11(14)15)6-5-8-3-1-2-4-10(8)12/h1-6H,7H2,(H2,14,15). The number of carbonyl (C=O) groups excluding carboxylic acids is 1. The van der Waals surface area contributed by atoms with Crippen molar-refractivity contribution in [2.75, 3.05) is 0 Å². The van der Waals surface area contributed by atoms with E-state index in [1.807, 2.05) is 36.4 Å². The van der Waals surface area contributed by atoms with Crippen LogP contribution in [0.25, 0.3) is 10.8 Å². The first-order valence-corrected chi connectivity index (χ1v) is 5.42. The fourth-order valence-corrected chi connectivity index (χ4v) is 2.24. The molecule has 0 aliphatic rings. The number of primary amides is 1. The summed E-state index contributed by atoms with van der Waals surface area (Å²) < 4.78 is 0.958. The highest BCUT2D eigenvalue weighted by atomic mass is 79.9. The molecule has 0 radical (unpaired) electrons. The van der Waals surface area contributed by atoms with Crippen LogP contribution in [-0.2, 0) is 11.2 Å². The molecular formula is C12H10BrNO. The molecule has 0 aliphatic heterocycles. The molecule has 2 rings (SSSR count). The highest BCUT2D eigenvalue weighted by Crippen LogP contribution is 2.27. The highest BCUT2D eigenvalue weighted by molar-refractivity contribution is 9.10. The molecule has 2 aromatic rings. The Morgan fingerprint density at radius 2 is 1.93 bits per heavy atom. The fraction of sp³-hybridized carbons (Fsp3) is 0.0833. The van der Waals surface area contributed by atoms with Crippen molar-refractivity contribution in [3.63, 3.8) is 0 Å². The first-order chi connectivity index (χ1) is 7.18. The average molecular weight is 264 g/mol. The molecule has 3 heteroatoms. The van der Waals surface area contributed by atoms with Crippen molar-refractivity contribution in [1.29, 1.82) is 0 Å². The zero-order valence-corrected chi connectivity index (χ0v) is 9.62. The van der Waals surface area contributed by atoms with Crippen molar-refractivity contribution in [3.05, 3.63) is 46.4 Å². The molecule has 76 valence electrons. The Morgan fingerprint density at radius 3 is 2.67 bits per heavy atom. The molecule has 15 heavy (non-hydrogen) atoms. The van der Waals surface area contributed by atoms with Gasteiger partial charge in [-0.25, -0.2) is 0 Å². The molecule has 0 heterocycles. The topological polar surface area (TPSA) is 43.1 Å². The fourth-order valence-electron chi connectivity index (χ4n) is 1.60. The molecule has 0 atom stereocenters. The van der Waals surface area contributed by atoms with Crippen LogP contribution in [0.5, 0.6) is 0 Å². The van der Waals surface area contributed by atoms with E-state index in [4.69, 9.17) is 5.73 Å². The molecule has 1 amide bonds. The first-order valence-electron chi connectivity index (χ1n) is 4.63. The predicted molar refractivity (Wildman–Crippen MR) is 64.5 cm³/mol. The van der Waals surface area contributed by atoms with Gasteiger partial charge in [-0.15, -0.1) is 0 Å². The Kier molecular flexibility index (Phi) is 2.73. The monoisotopic (exact) mass is 263 g/mol. The van der Waals surface area contributed by atoms with Gasteiger partial charge in [0.1, 0.15) is 0 Å². The maximum Gasteiger partial charge on any atom is 0.221 e. The third-order valence-electron chi connectivity index (χ3n) is 2.31. The lowest BCUT2D eigenvalue weighted by Crippen LogP contribution is -2.13. The number of halogens is 1. The quantitative estimate of drug-likeness (QED) is 0.890. The lowest BCUT2D eigenvalue weighted by atomic mass is 10.1. The summed E-state index contributed by atoms with van der Waals surface area (Å²) in [6, 6.07) is 11.9. The molecule has 2 aromatic carbocycles. The van der Waals surface area contributed by atoms with Gasteiger partial charge in [0.2, 0.25) is 5.91 Å². The van der Waals surface area contributed by atoms with Crippen LogP contribution in [0.2, 0.25) is 0 Å². The Labute approximate surface area is 96.2 Å². The molecule has 2 nitrogen and oxygen atoms in total. The van der Waals surface area contributed by atoms with Gasteiger partial charge in [0.25, 0.3) is 0 Å². The number of hydrogen-bond donors (Lipinski definition) is 1. The Morgan fingerprint density at radius 1 is 1.20 bits per heavy atom. The zero-order chi connectivity index (χ0) is 10.8. The number of rotatable bonds is 2. The van der Waals surface area contributed by atoms with Gasteiger partial charge >= 0.3 is 0 Å². The molecule has 0 spiro atoms. The third kappa shape index (κ3) is 2.02. The van der Waals surface area contributed by atoms with E-state index in [1.165, 1.54) is 0 Å². The van der Waals surface area contributed by atoms with Crippen molar-refractivity contribution in [2.45, 2.75) is 6.42 Å². The summed E-state index contributed by atoms with van der Waals surface area (Å²) in [7, 11) is 0. The van der Waals surface area contributed by atoms with Crippen LogP contribution in [0.4, 0.5) is 0 Å². The van der Waals surface area contributed by atoms with E-state index >= 15 is 0 Å². The van der Waals surface area contributed by atoms with Gasteiger partial charge in [-0.3, -0.25) is 4.79 Å². The normalized spacial score (nSPS) is 10.5. The summed E-state index contributed by atoms with van der Waals surface area (Å²) in [5, 5.41) is 2.26. The Balaban J connectivity index is 2.59. The second kappa shape index (κ2) is 4.03. The van der Waals surface area contributed by atoms with E-state index in [0.717, 1.165) is 20.8 Å². The molecular weight excluding hydrogens is 254 g/mol. The minimum Gasteiger partial charge on any atom is -0.369 e. The van der Waals surface area contributed by atoms with E-state index < -0.39 is 0 Å². The van der Waals surface area contributed by atoms with Crippen LogP contribution in [0.1, 0.15) is 5.56 Å². The summed E-state index contributed by atoms with van der Waals surface area (Å²) >= 11 is 3.50. The maximum absolute atomic E-state index is 10.9. The van der Waals surface area contributed by atoms with Crippen LogP contribution >= 0.6 is 15.9 Å². The van der Waals surface area contributed by atoms with Crippen molar-refractivity contribution >= 4 is 32.6 Å². The first kappa shape index (κ1) is 10.2. The molecule has 0 fully saturated rings. The van der Waals surface area contributed by atoms with Crippen molar-refractivity contribution in [3.8, 4) is 0 Å². The Hall–Kier alpha value is -1.35. The summed E-state index contributed by atoms with van der Waals surface area (Å²) in [6.07, 6.45) is 0.269. The van der Waals surface area contributed by atoms with Gasteiger partial charge in [0.05, 0.1) is 6.42 Å². The minimum absolute atomic E-state index is 0.269. The molecule has 0 saturated heterocycles. The number of benzene rings is 2. The van der Waals surface area contributed by atoms with E-state index in [0.29, 0.717) is 0 Å². The van der Waals surface area contributed by atoms with E-state index in [1.54, 1.807) is 0 Å². The second-order valence-corrected chi connectivity index (χ2v) is 4.20. The minimum atomic E-state index is -0.314. The van der Waals surface area contributed by atoms with E-state index in [9.17, 15) is 4.79 Å². The number of nitrogens with two attached hydrogens (primary N) is 1.